The number of β-amino-alcohol motifs (C(OH)–C–C–N with tert-alkyl or cyclic N) is 1. The SMILES string of the molecule is CN(C(=O)O)[C@H]1[C@H]2OC(C)(C)O[C@H]2CN1CCO. The van der Waals surface area contributed by atoms with Gasteiger partial charge >= 0.3 is 6.09 Å². The van der Waals surface area contributed by atoms with E-state index in [0.29, 0.717) is 13.1 Å². The van der Waals surface area contributed by atoms with Crippen molar-refractivity contribution in [1.29, 1.82) is 0 Å². The maximum Gasteiger partial charge on any atom is 0.408 e. The molecule has 7 heteroatoms. The fourth-order valence-corrected chi connectivity index (χ4v) is 2.73. The third-order valence-corrected chi connectivity index (χ3v) is 3.39. The van der Waals surface area contributed by atoms with Crippen LogP contribution in [0, 0.1) is 0 Å². The highest BCUT2D eigenvalue weighted by atomic mass is 16.8. The zero-order chi connectivity index (χ0) is 13.5. The molecular weight excluding hydrogens is 240 g/mol. The van der Waals surface area contributed by atoms with Crippen LogP contribution >= 0.6 is 0 Å². The van der Waals surface area contributed by atoms with Crippen molar-refractivity contribution in [3.8, 4) is 0 Å². The van der Waals surface area contributed by atoms with Gasteiger partial charge in [-0.05, 0) is 13.8 Å². The van der Waals surface area contributed by atoms with E-state index in [1.807, 2.05) is 18.7 Å². The Kier molecular flexibility index (Phi) is 3.50. The number of rotatable bonds is 3. The lowest BCUT2D eigenvalue weighted by Crippen LogP contribution is -2.52. The second-order valence-corrected chi connectivity index (χ2v) is 5.16. The van der Waals surface area contributed by atoms with E-state index in [4.69, 9.17) is 19.7 Å². The first-order valence-corrected chi connectivity index (χ1v) is 6.02. The quantitative estimate of drug-likeness (QED) is 0.728. The van der Waals surface area contributed by atoms with Crippen LogP contribution in [0.5, 0.6) is 0 Å². The average Bonchev–Trinajstić information content (AvgIpc) is 2.68. The van der Waals surface area contributed by atoms with Gasteiger partial charge < -0.3 is 19.7 Å². The molecule has 0 radical (unpaired) electrons. The summed E-state index contributed by atoms with van der Waals surface area (Å²) in [6.07, 6.45) is -1.90. The van der Waals surface area contributed by atoms with Crippen LogP contribution in [0.4, 0.5) is 4.79 Å². The first-order chi connectivity index (χ1) is 8.35. The van der Waals surface area contributed by atoms with Crippen molar-refractivity contribution >= 4 is 6.09 Å². The summed E-state index contributed by atoms with van der Waals surface area (Å²) in [4.78, 5) is 14.2. The Morgan fingerprint density at radius 1 is 1.50 bits per heavy atom. The summed E-state index contributed by atoms with van der Waals surface area (Å²) in [5.74, 6) is -0.682. The molecule has 2 N–H and O–H groups in total. The molecule has 0 aromatic heterocycles. The average molecular weight is 260 g/mol. The lowest BCUT2D eigenvalue weighted by molar-refractivity contribution is -0.169. The molecule has 2 saturated heterocycles. The van der Waals surface area contributed by atoms with Crippen molar-refractivity contribution in [1.82, 2.24) is 9.80 Å². The Morgan fingerprint density at radius 2 is 2.17 bits per heavy atom. The first kappa shape index (κ1) is 13.5. The number of likely N-dealkylation sites (tertiary alicyclic amines) is 1. The molecule has 7 nitrogen and oxygen atoms in total. The van der Waals surface area contributed by atoms with Crippen LogP contribution in [-0.2, 0) is 9.47 Å². The number of hydrogen-bond donors (Lipinski definition) is 2. The fourth-order valence-electron chi connectivity index (χ4n) is 2.73. The Morgan fingerprint density at radius 3 is 2.72 bits per heavy atom. The smallest absolute Gasteiger partial charge is 0.408 e. The van der Waals surface area contributed by atoms with E-state index in [9.17, 15) is 4.79 Å². The number of aliphatic hydroxyl groups excluding tert-OH is 1. The van der Waals surface area contributed by atoms with Gasteiger partial charge in [0.2, 0.25) is 0 Å². The summed E-state index contributed by atoms with van der Waals surface area (Å²) in [5, 5.41) is 18.2. The number of hydrogen-bond acceptors (Lipinski definition) is 5. The normalized spacial score (nSPS) is 34.6. The van der Waals surface area contributed by atoms with Crippen LogP contribution in [0.15, 0.2) is 0 Å². The number of nitrogens with zero attached hydrogens (tertiary/aromatic N) is 2. The standard InChI is InChI=1S/C11H20N2O5/c1-11(2)17-7-6-13(4-5-14)9(8(7)18-11)12(3)10(15)16/h7-9,14H,4-6H2,1-3H3,(H,15,16)/t7-,8-,9+/m0/s1. The van der Waals surface area contributed by atoms with Crippen molar-refractivity contribution < 1.29 is 24.5 Å². The molecule has 0 unspecified atom stereocenters. The third-order valence-electron chi connectivity index (χ3n) is 3.39. The second-order valence-electron chi connectivity index (χ2n) is 5.16. The number of likely N-dealkylation sites (N-methyl/N-ethyl adjacent to an activating group) is 1. The topological polar surface area (TPSA) is 82.5 Å². The van der Waals surface area contributed by atoms with Crippen LogP contribution < -0.4 is 0 Å². The zero-order valence-corrected chi connectivity index (χ0v) is 10.9. The molecule has 3 atom stereocenters. The van der Waals surface area contributed by atoms with Gasteiger partial charge in [-0.25, -0.2) is 4.79 Å². The van der Waals surface area contributed by atoms with Crippen LogP contribution in [0.25, 0.3) is 0 Å². The van der Waals surface area contributed by atoms with E-state index in [0.717, 1.165) is 0 Å². The van der Waals surface area contributed by atoms with E-state index in [-0.39, 0.29) is 18.8 Å². The number of carboxylic acid groups (broad SMARTS) is 1. The van der Waals surface area contributed by atoms with Crippen LogP contribution in [-0.4, -0.2) is 77.0 Å². The molecule has 2 fully saturated rings. The Bertz CT molecular complexity index is 335. The van der Waals surface area contributed by atoms with E-state index in [2.05, 4.69) is 0 Å². The molecule has 2 aliphatic rings. The van der Waals surface area contributed by atoms with Gasteiger partial charge in [0.1, 0.15) is 18.4 Å². The Labute approximate surface area is 106 Å². The predicted molar refractivity (Wildman–Crippen MR) is 62.1 cm³/mol. The summed E-state index contributed by atoms with van der Waals surface area (Å²) >= 11 is 0. The lowest BCUT2D eigenvalue weighted by Gasteiger charge is -2.34. The molecule has 0 aromatic carbocycles. The minimum atomic E-state index is -1.02. The largest absolute Gasteiger partial charge is 0.465 e. The molecule has 0 aliphatic carbocycles. The molecule has 18 heavy (non-hydrogen) atoms. The molecule has 1 amide bonds. The highest BCUT2D eigenvalue weighted by Gasteiger charge is 2.54. The maximum atomic E-state index is 11.1. The van der Waals surface area contributed by atoms with Crippen LogP contribution in [0.2, 0.25) is 0 Å². The molecule has 2 heterocycles. The lowest BCUT2D eigenvalue weighted by atomic mass is 10.2. The van der Waals surface area contributed by atoms with Gasteiger partial charge in [-0.1, -0.05) is 0 Å². The molecule has 2 rings (SSSR count). The minimum absolute atomic E-state index is 0.0210. The zero-order valence-electron chi connectivity index (χ0n) is 10.9. The Balaban J connectivity index is 2.17. The van der Waals surface area contributed by atoms with E-state index in [1.54, 1.807) is 0 Å². The van der Waals surface area contributed by atoms with Gasteiger partial charge in [-0.15, -0.1) is 0 Å². The van der Waals surface area contributed by atoms with Crippen molar-refractivity contribution in [2.24, 2.45) is 0 Å². The molecule has 0 aromatic rings. The molecule has 0 bridgehead atoms. The van der Waals surface area contributed by atoms with Crippen molar-refractivity contribution in [2.75, 3.05) is 26.7 Å². The number of carbonyl (C=O) groups is 1. The monoisotopic (exact) mass is 260 g/mol. The number of aliphatic hydroxyl groups is 1. The van der Waals surface area contributed by atoms with Gasteiger partial charge in [0.05, 0.1) is 6.61 Å². The van der Waals surface area contributed by atoms with Gasteiger partial charge in [-0.3, -0.25) is 9.80 Å². The first-order valence-electron chi connectivity index (χ1n) is 6.02. The fraction of sp³-hybridized carbons (Fsp3) is 0.909. The number of amides is 1. The van der Waals surface area contributed by atoms with E-state index in [1.165, 1.54) is 11.9 Å². The molecular formula is C11H20N2O5. The van der Waals surface area contributed by atoms with Crippen LogP contribution in [0.1, 0.15) is 13.8 Å². The number of ether oxygens (including phenoxy) is 2. The van der Waals surface area contributed by atoms with Crippen molar-refractivity contribution in [2.45, 2.75) is 38.0 Å². The minimum Gasteiger partial charge on any atom is -0.465 e. The summed E-state index contributed by atoms with van der Waals surface area (Å²) in [6.45, 7) is 4.59. The summed E-state index contributed by atoms with van der Waals surface area (Å²) < 4.78 is 11.5. The van der Waals surface area contributed by atoms with E-state index < -0.39 is 18.0 Å². The van der Waals surface area contributed by atoms with Crippen molar-refractivity contribution in [3.05, 3.63) is 0 Å². The summed E-state index contributed by atoms with van der Waals surface area (Å²) in [6, 6.07) is 0. The molecule has 0 spiro atoms. The highest BCUT2D eigenvalue weighted by Crippen LogP contribution is 2.37. The summed E-state index contributed by atoms with van der Waals surface area (Å²) in [7, 11) is 1.51. The maximum absolute atomic E-state index is 11.1. The molecule has 2 aliphatic heterocycles. The summed E-state index contributed by atoms with van der Waals surface area (Å²) in [5.41, 5.74) is 0. The molecule has 104 valence electrons. The number of fused-ring (bicyclic) bond motifs is 1. The van der Waals surface area contributed by atoms with Gasteiger partial charge in [-0.2, -0.15) is 0 Å². The predicted octanol–water partition coefficient (Wildman–Crippen LogP) is -0.250. The molecule has 0 saturated carbocycles. The Hall–Kier alpha value is -0.890. The van der Waals surface area contributed by atoms with Gasteiger partial charge in [0.25, 0.3) is 0 Å². The highest BCUT2D eigenvalue weighted by molar-refractivity contribution is 5.65. The van der Waals surface area contributed by atoms with Gasteiger partial charge in [0, 0.05) is 20.1 Å². The van der Waals surface area contributed by atoms with Crippen LogP contribution in [0.3, 0.4) is 0 Å². The van der Waals surface area contributed by atoms with E-state index >= 15 is 0 Å². The second kappa shape index (κ2) is 4.65. The van der Waals surface area contributed by atoms with Crippen molar-refractivity contribution in [3.63, 3.8) is 0 Å². The van der Waals surface area contributed by atoms with Gasteiger partial charge in [0.15, 0.2) is 5.79 Å². The third kappa shape index (κ3) is 2.31.